The number of nitrogens with zero attached hydrogens (tertiary/aromatic N) is 4. The molecule has 0 atom stereocenters. The summed E-state index contributed by atoms with van der Waals surface area (Å²) in [6.07, 6.45) is 5.55. The van der Waals surface area contributed by atoms with E-state index in [9.17, 15) is 0 Å². The first-order valence-electron chi connectivity index (χ1n) is 5.46. The monoisotopic (exact) mass is 224 g/mol. The van der Waals surface area contributed by atoms with E-state index in [1.54, 1.807) is 12.4 Å². The second-order valence-electron chi connectivity index (χ2n) is 4.03. The molecule has 3 aromatic heterocycles. The fourth-order valence-electron chi connectivity index (χ4n) is 1.90. The Hall–Kier alpha value is -2.23. The number of aryl methyl sites for hydroxylation is 2. The topological polar surface area (TPSA) is 43.6 Å². The fourth-order valence-corrected chi connectivity index (χ4v) is 1.90. The molecular formula is C13H12N4. The van der Waals surface area contributed by atoms with E-state index in [4.69, 9.17) is 0 Å². The highest BCUT2D eigenvalue weighted by atomic mass is 15.0. The summed E-state index contributed by atoms with van der Waals surface area (Å²) in [5.74, 6) is 0. The smallest absolute Gasteiger partial charge is 0.159 e. The van der Waals surface area contributed by atoms with Gasteiger partial charge in [0.2, 0.25) is 0 Å². The Bertz CT molecular complexity index is 685. The highest BCUT2D eigenvalue weighted by Gasteiger charge is 2.07. The van der Waals surface area contributed by atoms with Crippen LogP contribution in [-0.4, -0.2) is 19.5 Å². The summed E-state index contributed by atoms with van der Waals surface area (Å²) >= 11 is 0. The zero-order chi connectivity index (χ0) is 11.8. The van der Waals surface area contributed by atoms with Crippen LogP contribution >= 0.6 is 0 Å². The largest absolute Gasteiger partial charge is 0.334 e. The van der Waals surface area contributed by atoms with Crippen LogP contribution < -0.4 is 0 Å². The van der Waals surface area contributed by atoms with E-state index >= 15 is 0 Å². The van der Waals surface area contributed by atoms with Crippen molar-refractivity contribution in [1.29, 1.82) is 0 Å². The molecule has 0 aliphatic rings. The van der Waals surface area contributed by atoms with Gasteiger partial charge in [-0.1, -0.05) is 0 Å². The van der Waals surface area contributed by atoms with E-state index in [1.165, 1.54) is 0 Å². The minimum absolute atomic E-state index is 0.866. The highest BCUT2D eigenvalue weighted by Crippen LogP contribution is 2.21. The molecular weight excluding hydrogens is 212 g/mol. The van der Waals surface area contributed by atoms with Gasteiger partial charge >= 0.3 is 0 Å². The predicted molar refractivity (Wildman–Crippen MR) is 66.5 cm³/mol. The molecule has 0 saturated heterocycles. The van der Waals surface area contributed by atoms with Crippen LogP contribution in [0.25, 0.3) is 22.4 Å². The molecule has 0 amide bonds. The van der Waals surface area contributed by atoms with Crippen LogP contribution in [-0.2, 0) is 7.05 Å². The van der Waals surface area contributed by atoms with Crippen LogP contribution in [0.2, 0.25) is 0 Å². The third-order valence-corrected chi connectivity index (χ3v) is 2.85. The van der Waals surface area contributed by atoms with Crippen molar-refractivity contribution in [2.24, 2.45) is 7.05 Å². The summed E-state index contributed by atoms with van der Waals surface area (Å²) in [7, 11) is 1.97. The molecule has 3 aromatic rings. The molecule has 0 aliphatic heterocycles. The SMILES string of the molecule is Cc1ncccc1-c1cnc2ccn(C)c2n1. The zero-order valence-electron chi connectivity index (χ0n) is 9.75. The van der Waals surface area contributed by atoms with Crippen LogP contribution in [0.15, 0.2) is 36.8 Å². The Kier molecular flexibility index (Phi) is 2.14. The normalized spacial score (nSPS) is 10.9. The van der Waals surface area contributed by atoms with Gasteiger partial charge < -0.3 is 4.57 Å². The van der Waals surface area contributed by atoms with Gasteiger partial charge in [0.15, 0.2) is 5.65 Å². The lowest BCUT2D eigenvalue weighted by Crippen LogP contribution is -1.94. The minimum atomic E-state index is 0.866. The van der Waals surface area contributed by atoms with Crippen molar-refractivity contribution < 1.29 is 0 Å². The quantitative estimate of drug-likeness (QED) is 0.637. The molecule has 3 heterocycles. The maximum atomic E-state index is 4.63. The Morgan fingerprint density at radius 3 is 2.88 bits per heavy atom. The van der Waals surface area contributed by atoms with Crippen molar-refractivity contribution in [2.75, 3.05) is 0 Å². The lowest BCUT2D eigenvalue weighted by Gasteiger charge is -2.04. The lowest BCUT2D eigenvalue weighted by atomic mass is 10.1. The van der Waals surface area contributed by atoms with E-state index in [0.29, 0.717) is 0 Å². The van der Waals surface area contributed by atoms with E-state index in [0.717, 1.165) is 28.1 Å². The summed E-state index contributed by atoms with van der Waals surface area (Å²) in [6, 6.07) is 5.89. The molecule has 0 radical (unpaired) electrons. The second-order valence-corrected chi connectivity index (χ2v) is 4.03. The molecule has 4 nitrogen and oxygen atoms in total. The van der Waals surface area contributed by atoms with Gasteiger partial charge in [0.05, 0.1) is 11.9 Å². The second kappa shape index (κ2) is 3.66. The van der Waals surface area contributed by atoms with Crippen molar-refractivity contribution in [3.05, 3.63) is 42.5 Å². The summed E-state index contributed by atoms with van der Waals surface area (Å²) in [5, 5.41) is 0. The van der Waals surface area contributed by atoms with Crippen molar-refractivity contribution in [1.82, 2.24) is 19.5 Å². The molecule has 0 aliphatic carbocycles. The van der Waals surface area contributed by atoms with Gasteiger partial charge in [-0.05, 0) is 25.1 Å². The van der Waals surface area contributed by atoms with Crippen molar-refractivity contribution in [2.45, 2.75) is 6.92 Å². The molecule has 0 spiro atoms. The number of hydrogen-bond donors (Lipinski definition) is 0. The molecule has 0 unspecified atom stereocenters. The number of rotatable bonds is 1. The van der Waals surface area contributed by atoms with E-state index in [2.05, 4.69) is 15.0 Å². The van der Waals surface area contributed by atoms with E-state index in [-0.39, 0.29) is 0 Å². The van der Waals surface area contributed by atoms with Crippen LogP contribution in [0.5, 0.6) is 0 Å². The van der Waals surface area contributed by atoms with Gasteiger partial charge in [0.1, 0.15) is 5.52 Å². The standard InChI is InChI=1S/C13H12N4/c1-9-10(4-3-6-14-9)12-8-15-11-5-7-17(2)13(11)16-12/h3-8H,1-2H3. The summed E-state index contributed by atoms with van der Waals surface area (Å²) in [4.78, 5) is 13.3. The average molecular weight is 224 g/mol. The molecule has 3 rings (SSSR count). The Labute approximate surface area is 99.0 Å². The molecule has 0 saturated carbocycles. The van der Waals surface area contributed by atoms with Crippen molar-refractivity contribution in [3.8, 4) is 11.3 Å². The van der Waals surface area contributed by atoms with Gasteiger partial charge in [-0.15, -0.1) is 0 Å². The first-order chi connectivity index (χ1) is 8.25. The van der Waals surface area contributed by atoms with E-state index in [1.807, 2.05) is 42.9 Å². The maximum absolute atomic E-state index is 4.63. The van der Waals surface area contributed by atoms with Crippen LogP contribution in [0.4, 0.5) is 0 Å². The number of pyridine rings is 1. The predicted octanol–water partition coefficient (Wildman–Crippen LogP) is 2.34. The summed E-state index contributed by atoms with van der Waals surface area (Å²) in [5.41, 5.74) is 4.67. The average Bonchev–Trinajstić information content (AvgIpc) is 2.71. The molecule has 84 valence electrons. The van der Waals surface area contributed by atoms with Crippen LogP contribution in [0.3, 0.4) is 0 Å². The van der Waals surface area contributed by atoms with Gasteiger partial charge in [-0.25, -0.2) is 4.98 Å². The van der Waals surface area contributed by atoms with Crippen LogP contribution in [0.1, 0.15) is 5.69 Å². The zero-order valence-corrected chi connectivity index (χ0v) is 9.75. The molecule has 0 fully saturated rings. The molecule has 0 bridgehead atoms. The first-order valence-corrected chi connectivity index (χ1v) is 5.46. The third-order valence-electron chi connectivity index (χ3n) is 2.85. The van der Waals surface area contributed by atoms with Crippen LogP contribution in [0, 0.1) is 6.92 Å². The van der Waals surface area contributed by atoms with Gasteiger partial charge in [0.25, 0.3) is 0 Å². The fraction of sp³-hybridized carbons (Fsp3) is 0.154. The Morgan fingerprint density at radius 2 is 2.06 bits per heavy atom. The Balaban J connectivity index is 2.24. The molecule has 0 N–H and O–H groups in total. The van der Waals surface area contributed by atoms with Gasteiger partial charge in [-0.3, -0.25) is 9.97 Å². The maximum Gasteiger partial charge on any atom is 0.159 e. The number of fused-ring (bicyclic) bond motifs is 1. The van der Waals surface area contributed by atoms with Crippen molar-refractivity contribution in [3.63, 3.8) is 0 Å². The minimum Gasteiger partial charge on any atom is -0.334 e. The highest BCUT2D eigenvalue weighted by molar-refractivity contribution is 5.75. The van der Waals surface area contributed by atoms with Gasteiger partial charge in [-0.2, -0.15) is 0 Å². The first kappa shape index (κ1) is 9.96. The molecule has 0 aromatic carbocycles. The van der Waals surface area contributed by atoms with E-state index < -0.39 is 0 Å². The number of hydrogen-bond acceptors (Lipinski definition) is 3. The van der Waals surface area contributed by atoms with Crippen molar-refractivity contribution >= 4 is 11.2 Å². The molecule has 17 heavy (non-hydrogen) atoms. The summed E-state index contributed by atoms with van der Waals surface area (Å²) in [6.45, 7) is 1.98. The van der Waals surface area contributed by atoms with Gasteiger partial charge in [0, 0.05) is 30.7 Å². The number of aromatic nitrogens is 4. The molecule has 4 heteroatoms. The lowest BCUT2D eigenvalue weighted by molar-refractivity contribution is 0.946. The Morgan fingerprint density at radius 1 is 1.18 bits per heavy atom. The third kappa shape index (κ3) is 1.58. The summed E-state index contributed by atoms with van der Waals surface area (Å²) < 4.78 is 1.97.